The molecular weight excluding hydrogens is 290 g/mol. The van der Waals surface area contributed by atoms with Gasteiger partial charge in [-0.25, -0.2) is 4.98 Å². The number of hydrogen-bond acceptors (Lipinski definition) is 5. The number of nitrogens with one attached hydrogen (secondary N) is 1. The molecule has 20 heavy (non-hydrogen) atoms. The normalized spacial score (nSPS) is 14.0. The molecule has 0 aliphatic heterocycles. The summed E-state index contributed by atoms with van der Waals surface area (Å²) in [5.74, 6) is -0.178. The van der Waals surface area contributed by atoms with E-state index in [2.05, 4.69) is 23.3 Å². The highest BCUT2D eigenvalue weighted by molar-refractivity contribution is 7.17. The van der Waals surface area contributed by atoms with Crippen LogP contribution in [0.15, 0.2) is 17.5 Å². The van der Waals surface area contributed by atoms with Crippen molar-refractivity contribution in [2.24, 2.45) is 5.73 Å². The molecule has 0 saturated carbocycles. The van der Waals surface area contributed by atoms with Gasteiger partial charge in [-0.05, 0) is 32.4 Å². The maximum atomic E-state index is 12.1. The molecule has 3 N–H and O–H groups in total. The minimum absolute atomic E-state index is 0.178. The van der Waals surface area contributed by atoms with Crippen LogP contribution < -0.4 is 11.1 Å². The summed E-state index contributed by atoms with van der Waals surface area (Å²) in [7, 11) is 0. The number of aryl methyl sites for hydroxylation is 1. The Morgan fingerprint density at radius 1 is 1.50 bits per heavy atom. The smallest absolute Gasteiger partial charge is 0.245 e. The van der Waals surface area contributed by atoms with Gasteiger partial charge in [0.2, 0.25) is 5.91 Å². The van der Waals surface area contributed by atoms with Gasteiger partial charge in [0.15, 0.2) is 5.13 Å². The third-order valence-electron chi connectivity index (χ3n) is 3.01. The molecule has 1 amide bonds. The Balaban J connectivity index is 2.08. The fourth-order valence-electron chi connectivity index (χ4n) is 1.89. The molecule has 0 aromatic carbocycles. The van der Waals surface area contributed by atoms with Crippen molar-refractivity contribution >= 4 is 33.7 Å². The zero-order chi connectivity index (χ0) is 14.8. The van der Waals surface area contributed by atoms with Crippen molar-refractivity contribution in [1.29, 1.82) is 0 Å². The molecule has 6 heteroatoms. The van der Waals surface area contributed by atoms with E-state index in [1.54, 1.807) is 18.3 Å². The predicted molar refractivity (Wildman–Crippen MR) is 86.3 cm³/mol. The van der Waals surface area contributed by atoms with Gasteiger partial charge >= 0.3 is 0 Å². The second kappa shape index (κ2) is 6.03. The van der Waals surface area contributed by atoms with E-state index in [4.69, 9.17) is 5.73 Å². The summed E-state index contributed by atoms with van der Waals surface area (Å²) >= 11 is 3.12. The number of aromatic nitrogens is 1. The third kappa shape index (κ3) is 3.45. The lowest BCUT2D eigenvalue weighted by Gasteiger charge is -2.21. The quantitative estimate of drug-likeness (QED) is 0.886. The zero-order valence-electron chi connectivity index (χ0n) is 11.9. The summed E-state index contributed by atoms with van der Waals surface area (Å²) in [6, 6.07) is 4.11. The van der Waals surface area contributed by atoms with Crippen LogP contribution in [-0.4, -0.2) is 16.4 Å². The van der Waals surface area contributed by atoms with Gasteiger partial charge in [-0.15, -0.1) is 22.7 Å². The molecule has 108 valence electrons. The molecule has 2 rings (SSSR count). The molecule has 4 nitrogen and oxygen atoms in total. The first-order valence-corrected chi connectivity index (χ1v) is 8.24. The number of rotatable bonds is 5. The molecule has 0 fully saturated rings. The Labute approximate surface area is 127 Å². The highest BCUT2D eigenvalue weighted by Gasteiger charge is 2.27. The van der Waals surface area contributed by atoms with Crippen LogP contribution in [0.5, 0.6) is 0 Å². The van der Waals surface area contributed by atoms with Crippen molar-refractivity contribution < 1.29 is 4.79 Å². The molecule has 0 aliphatic rings. The van der Waals surface area contributed by atoms with Crippen LogP contribution in [0.2, 0.25) is 0 Å². The van der Waals surface area contributed by atoms with Crippen LogP contribution >= 0.6 is 22.7 Å². The van der Waals surface area contributed by atoms with Crippen LogP contribution in [0, 0.1) is 6.92 Å². The van der Waals surface area contributed by atoms with E-state index in [-0.39, 0.29) is 5.91 Å². The van der Waals surface area contributed by atoms with Crippen molar-refractivity contribution in [3.05, 3.63) is 22.4 Å². The molecule has 1 unspecified atom stereocenters. The average molecular weight is 309 g/mol. The first-order valence-electron chi connectivity index (χ1n) is 6.55. The predicted octanol–water partition coefficient (Wildman–Crippen LogP) is 3.64. The van der Waals surface area contributed by atoms with Crippen molar-refractivity contribution in [2.45, 2.75) is 39.2 Å². The number of amides is 1. The lowest BCUT2D eigenvalue weighted by Crippen LogP contribution is -2.48. The third-order valence-corrected chi connectivity index (χ3v) is 4.79. The fourth-order valence-corrected chi connectivity index (χ4v) is 3.50. The zero-order valence-corrected chi connectivity index (χ0v) is 13.5. The number of nitrogens with two attached hydrogens (primary N) is 1. The van der Waals surface area contributed by atoms with Crippen LogP contribution in [0.1, 0.15) is 31.6 Å². The Morgan fingerprint density at radius 2 is 2.25 bits per heavy atom. The second-order valence-electron chi connectivity index (χ2n) is 5.07. The summed E-state index contributed by atoms with van der Waals surface area (Å²) in [5, 5.41) is 5.37. The monoisotopic (exact) mass is 309 g/mol. The molecule has 0 spiro atoms. The second-order valence-corrected chi connectivity index (χ2v) is 7.22. The molecule has 0 aliphatic carbocycles. The molecular formula is C14H19N3OS2. The van der Waals surface area contributed by atoms with Gasteiger partial charge in [0.1, 0.15) is 0 Å². The Bertz CT molecular complexity index is 601. The molecule has 1 atom stereocenters. The van der Waals surface area contributed by atoms with Gasteiger partial charge in [-0.1, -0.05) is 13.3 Å². The van der Waals surface area contributed by atoms with Gasteiger partial charge in [-0.3, -0.25) is 4.79 Å². The summed E-state index contributed by atoms with van der Waals surface area (Å²) in [6.07, 6.45) is 1.53. The van der Waals surface area contributed by atoms with Crippen LogP contribution in [0.4, 0.5) is 5.13 Å². The highest BCUT2D eigenvalue weighted by atomic mass is 32.1. The number of hydrogen-bond donors (Lipinski definition) is 2. The number of thiazole rings is 1. The molecule has 0 bridgehead atoms. The minimum Gasteiger partial charge on any atom is -0.318 e. The Morgan fingerprint density at radius 3 is 2.85 bits per heavy atom. The van der Waals surface area contributed by atoms with Crippen molar-refractivity contribution in [3.8, 4) is 10.6 Å². The van der Waals surface area contributed by atoms with Gasteiger partial charge in [0.05, 0.1) is 16.1 Å². The lowest BCUT2D eigenvalue weighted by atomic mass is 9.97. The van der Waals surface area contributed by atoms with Gasteiger partial charge in [-0.2, -0.15) is 0 Å². The van der Waals surface area contributed by atoms with E-state index >= 15 is 0 Å². The van der Waals surface area contributed by atoms with Crippen molar-refractivity contribution in [3.63, 3.8) is 0 Å². The van der Waals surface area contributed by atoms with E-state index in [9.17, 15) is 4.79 Å². The number of carbonyl (C=O) groups excluding carboxylic acids is 1. The van der Waals surface area contributed by atoms with Crippen molar-refractivity contribution in [1.82, 2.24) is 4.98 Å². The lowest BCUT2D eigenvalue weighted by molar-refractivity contribution is -0.120. The average Bonchev–Trinajstić information content (AvgIpc) is 2.98. The van der Waals surface area contributed by atoms with E-state index in [1.807, 2.05) is 18.4 Å². The molecule has 2 aromatic rings. The maximum Gasteiger partial charge on any atom is 0.245 e. The Hall–Kier alpha value is -1.24. The van der Waals surface area contributed by atoms with Crippen molar-refractivity contribution in [2.75, 3.05) is 5.32 Å². The first-order chi connectivity index (χ1) is 9.42. The highest BCUT2D eigenvalue weighted by Crippen LogP contribution is 2.30. The summed E-state index contributed by atoms with van der Waals surface area (Å²) in [5.41, 5.74) is 6.06. The van der Waals surface area contributed by atoms with E-state index < -0.39 is 5.54 Å². The van der Waals surface area contributed by atoms with Crippen LogP contribution in [0.3, 0.4) is 0 Å². The molecule has 2 aromatic heterocycles. The molecule has 0 saturated heterocycles. The number of nitrogens with zero attached hydrogens (tertiary/aromatic N) is 1. The van der Waals surface area contributed by atoms with Crippen LogP contribution in [0.25, 0.3) is 10.6 Å². The van der Waals surface area contributed by atoms with E-state index in [0.29, 0.717) is 11.6 Å². The number of carbonyl (C=O) groups is 1. The first kappa shape index (κ1) is 15.2. The molecule has 0 radical (unpaired) electrons. The largest absolute Gasteiger partial charge is 0.318 e. The SMILES string of the molecule is CCCC(C)(N)C(=O)Nc1nc(-c2ccc(C)s2)cs1. The van der Waals surface area contributed by atoms with E-state index in [1.165, 1.54) is 16.2 Å². The number of thiophene rings is 1. The van der Waals surface area contributed by atoms with Gasteiger partial charge in [0, 0.05) is 10.3 Å². The van der Waals surface area contributed by atoms with Crippen LogP contribution in [-0.2, 0) is 4.79 Å². The minimum atomic E-state index is -0.847. The Kier molecular flexibility index (Phi) is 4.57. The van der Waals surface area contributed by atoms with Gasteiger partial charge in [0.25, 0.3) is 0 Å². The van der Waals surface area contributed by atoms with Gasteiger partial charge < -0.3 is 11.1 Å². The van der Waals surface area contributed by atoms with E-state index in [0.717, 1.165) is 17.0 Å². The maximum absolute atomic E-state index is 12.1. The topological polar surface area (TPSA) is 68.0 Å². The standard InChI is InChI=1S/C14H19N3OS2/c1-4-7-14(3,15)12(18)17-13-16-10(8-19-13)11-6-5-9(2)20-11/h5-6,8H,4,7,15H2,1-3H3,(H,16,17,18). The summed E-state index contributed by atoms with van der Waals surface area (Å²) < 4.78 is 0. The summed E-state index contributed by atoms with van der Waals surface area (Å²) in [4.78, 5) is 18.9. The number of anilines is 1. The fraction of sp³-hybridized carbons (Fsp3) is 0.429. The molecule has 2 heterocycles. The summed E-state index contributed by atoms with van der Waals surface area (Å²) in [6.45, 7) is 5.83.